The second-order valence-electron chi connectivity index (χ2n) is 3.65. The van der Waals surface area contributed by atoms with Crippen molar-refractivity contribution in [2.75, 3.05) is 0 Å². The minimum atomic E-state index is -0.958. The fourth-order valence-corrected chi connectivity index (χ4v) is 3.32. The fourth-order valence-electron chi connectivity index (χ4n) is 1.46. The molecule has 0 amide bonds. The summed E-state index contributed by atoms with van der Waals surface area (Å²) in [6.07, 6.45) is 0. The van der Waals surface area contributed by atoms with E-state index >= 15 is 0 Å². The predicted molar refractivity (Wildman–Crippen MR) is 72.0 cm³/mol. The number of benzene rings is 1. The first-order chi connectivity index (χ1) is 9.10. The van der Waals surface area contributed by atoms with Crippen molar-refractivity contribution in [3.63, 3.8) is 0 Å². The summed E-state index contributed by atoms with van der Waals surface area (Å²) in [6, 6.07) is 7.61. The van der Waals surface area contributed by atoms with E-state index in [1.807, 2.05) is 6.07 Å². The molecule has 0 saturated heterocycles. The molecule has 0 unspecified atom stereocenters. The van der Waals surface area contributed by atoms with Gasteiger partial charge in [0, 0.05) is 16.0 Å². The molecule has 0 fully saturated rings. The summed E-state index contributed by atoms with van der Waals surface area (Å²) in [5.74, 6) is -0.914. The van der Waals surface area contributed by atoms with E-state index in [2.05, 4.69) is 0 Å². The zero-order valence-electron chi connectivity index (χ0n) is 9.59. The number of carbonyl (C=O) groups is 1. The third-order valence-electron chi connectivity index (χ3n) is 2.37. The molecule has 0 aliphatic heterocycles. The molecule has 0 atom stereocenters. The van der Waals surface area contributed by atoms with Crippen LogP contribution < -0.4 is 0 Å². The first-order valence-corrected chi connectivity index (χ1v) is 7.10. The van der Waals surface area contributed by atoms with Crippen LogP contribution in [0.15, 0.2) is 34.5 Å². The van der Waals surface area contributed by atoms with Crippen LogP contribution in [-0.2, 0) is 5.75 Å². The van der Waals surface area contributed by atoms with Gasteiger partial charge < -0.3 is 5.11 Å². The van der Waals surface area contributed by atoms with Crippen LogP contribution in [0.25, 0.3) is 0 Å². The molecule has 0 spiro atoms. The van der Waals surface area contributed by atoms with E-state index in [1.54, 1.807) is 11.4 Å². The van der Waals surface area contributed by atoms with E-state index in [9.17, 15) is 9.18 Å². The molecule has 3 nitrogen and oxygen atoms in total. The number of thiophene rings is 1. The van der Waals surface area contributed by atoms with E-state index in [-0.39, 0.29) is 10.7 Å². The number of halogens is 1. The highest BCUT2D eigenvalue weighted by atomic mass is 32.2. The van der Waals surface area contributed by atoms with Crippen molar-refractivity contribution in [2.45, 2.75) is 10.6 Å². The molecule has 1 aromatic carbocycles. The van der Waals surface area contributed by atoms with Crippen molar-refractivity contribution in [3.8, 4) is 6.07 Å². The maximum atomic E-state index is 13.1. The van der Waals surface area contributed by atoms with Gasteiger partial charge in [0.05, 0.1) is 11.6 Å². The van der Waals surface area contributed by atoms with Gasteiger partial charge in [-0.25, -0.2) is 9.18 Å². The Morgan fingerprint density at radius 3 is 2.89 bits per heavy atom. The molecule has 0 radical (unpaired) electrons. The topological polar surface area (TPSA) is 61.1 Å². The zero-order valence-corrected chi connectivity index (χ0v) is 11.2. The maximum Gasteiger partial charge on any atom is 0.345 e. The molecule has 0 bridgehead atoms. The quantitative estimate of drug-likeness (QED) is 0.872. The van der Waals surface area contributed by atoms with Crippen LogP contribution in [0.5, 0.6) is 0 Å². The highest BCUT2D eigenvalue weighted by molar-refractivity contribution is 7.98. The van der Waals surface area contributed by atoms with Crippen LogP contribution in [0.3, 0.4) is 0 Å². The van der Waals surface area contributed by atoms with Crippen molar-refractivity contribution < 1.29 is 14.3 Å². The van der Waals surface area contributed by atoms with E-state index in [0.29, 0.717) is 16.9 Å². The lowest BCUT2D eigenvalue weighted by molar-refractivity contribution is 0.0702. The molecule has 19 heavy (non-hydrogen) atoms. The SMILES string of the molecule is N#Cc1ccc(F)cc1CSc1csc(C(=O)O)c1. The normalized spacial score (nSPS) is 10.1. The summed E-state index contributed by atoms with van der Waals surface area (Å²) in [6.45, 7) is 0. The van der Waals surface area contributed by atoms with E-state index < -0.39 is 5.97 Å². The smallest absolute Gasteiger partial charge is 0.345 e. The van der Waals surface area contributed by atoms with Gasteiger partial charge in [-0.05, 0) is 29.8 Å². The molecular formula is C13H8FNO2S2. The van der Waals surface area contributed by atoms with Crippen LogP contribution in [0.2, 0.25) is 0 Å². The lowest BCUT2D eigenvalue weighted by atomic mass is 10.1. The maximum absolute atomic E-state index is 13.1. The Kier molecular flexibility index (Phi) is 4.20. The Balaban J connectivity index is 2.12. The summed E-state index contributed by atoms with van der Waals surface area (Å²) >= 11 is 2.53. The number of nitrogens with zero attached hydrogens (tertiary/aromatic N) is 1. The van der Waals surface area contributed by atoms with Gasteiger partial charge in [-0.2, -0.15) is 5.26 Å². The number of rotatable bonds is 4. The van der Waals surface area contributed by atoms with Crippen LogP contribution in [0, 0.1) is 17.1 Å². The Morgan fingerprint density at radius 2 is 2.26 bits per heavy atom. The summed E-state index contributed by atoms with van der Waals surface area (Å²) in [7, 11) is 0. The van der Waals surface area contributed by atoms with Gasteiger partial charge in [-0.15, -0.1) is 23.1 Å². The Morgan fingerprint density at radius 1 is 1.47 bits per heavy atom. The monoisotopic (exact) mass is 293 g/mol. The van der Waals surface area contributed by atoms with Gasteiger partial charge in [0.25, 0.3) is 0 Å². The minimum absolute atomic E-state index is 0.266. The second kappa shape index (κ2) is 5.87. The summed E-state index contributed by atoms with van der Waals surface area (Å²) in [5.41, 5.74) is 1.04. The number of carboxylic acids is 1. The van der Waals surface area contributed by atoms with E-state index in [1.165, 1.54) is 30.0 Å². The number of carboxylic acid groups (broad SMARTS) is 1. The van der Waals surface area contributed by atoms with Crippen LogP contribution in [-0.4, -0.2) is 11.1 Å². The predicted octanol–water partition coefficient (Wildman–Crippen LogP) is 3.75. The second-order valence-corrected chi connectivity index (χ2v) is 5.61. The van der Waals surface area contributed by atoms with Crippen molar-refractivity contribution in [2.24, 2.45) is 0 Å². The number of aromatic carboxylic acids is 1. The number of thioether (sulfide) groups is 1. The van der Waals surface area contributed by atoms with Crippen LogP contribution >= 0.6 is 23.1 Å². The average molecular weight is 293 g/mol. The van der Waals surface area contributed by atoms with Crippen LogP contribution in [0.4, 0.5) is 4.39 Å². The van der Waals surface area contributed by atoms with E-state index in [0.717, 1.165) is 16.2 Å². The highest BCUT2D eigenvalue weighted by Crippen LogP contribution is 2.28. The largest absolute Gasteiger partial charge is 0.477 e. The molecule has 2 aromatic rings. The Hall–Kier alpha value is -1.84. The van der Waals surface area contributed by atoms with Crippen LogP contribution in [0.1, 0.15) is 20.8 Å². The molecule has 0 aliphatic rings. The summed E-state index contributed by atoms with van der Waals surface area (Å²) in [5, 5.41) is 19.5. The molecular weight excluding hydrogens is 285 g/mol. The molecule has 0 saturated carbocycles. The number of hydrogen-bond donors (Lipinski definition) is 1. The number of hydrogen-bond acceptors (Lipinski definition) is 4. The van der Waals surface area contributed by atoms with Gasteiger partial charge in [0.2, 0.25) is 0 Å². The van der Waals surface area contributed by atoms with Gasteiger partial charge in [-0.1, -0.05) is 0 Å². The molecule has 0 aliphatic carbocycles. The van der Waals surface area contributed by atoms with Gasteiger partial charge in [0.1, 0.15) is 10.7 Å². The van der Waals surface area contributed by atoms with E-state index in [4.69, 9.17) is 10.4 Å². The molecule has 96 valence electrons. The summed E-state index contributed by atoms with van der Waals surface area (Å²) in [4.78, 5) is 11.8. The lowest BCUT2D eigenvalue weighted by Crippen LogP contribution is -1.90. The van der Waals surface area contributed by atoms with Gasteiger partial charge in [0.15, 0.2) is 0 Å². The molecule has 2 rings (SSSR count). The Labute approximate surface area is 117 Å². The first-order valence-electron chi connectivity index (χ1n) is 5.23. The average Bonchev–Trinajstić information content (AvgIpc) is 2.85. The van der Waals surface area contributed by atoms with Crippen molar-refractivity contribution in [3.05, 3.63) is 51.5 Å². The third kappa shape index (κ3) is 3.34. The van der Waals surface area contributed by atoms with Gasteiger partial charge >= 0.3 is 5.97 Å². The molecule has 6 heteroatoms. The minimum Gasteiger partial charge on any atom is -0.477 e. The standard InChI is InChI=1S/C13H8FNO2S2/c14-10-2-1-8(5-15)9(3-10)6-18-11-4-12(13(16)17)19-7-11/h1-4,7H,6H2,(H,16,17). The Bertz CT molecular complexity index is 661. The zero-order chi connectivity index (χ0) is 13.8. The molecule has 1 heterocycles. The molecule has 1 N–H and O–H groups in total. The van der Waals surface area contributed by atoms with Crippen molar-refractivity contribution >= 4 is 29.1 Å². The third-order valence-corrected chi connectivity index (χ3v) is 4.46. The highest BCUT2D eigenvalue weighted by Gasteiger charge is 2.09. The number of nitriles is 1. The fraction of sp³-hybridized carbons (Fsp3) is 0.0769. The molecule has 1 aromatic heterocycles. The summed E-state index contributed by atoms with van der Waals surface area (Å²) < 4.78 is 13.1. The van der Waals surface area contributed by atoms with Gasteiger partial charge in [-0.3, -0.25) is 0 Å². The van der Waals surface area contributed by atoms with Crippen molar-refractivity contribution in [1.82, 2.24) is 0 Å². The first kappa shape index (κ1) is 13.6. The van der Waals surface area contributed by atoms with Crippen molar-refractivity contribution in [1.29, 1.82) is 5.26 Å². The lowest BCUT2D eigenvalue weighted by Gasteiger charge is -2.02.